The molecule has 2 heterocycles. The molecule has 0 amide bonds. The van der Waals surface area contributed by atoms with Crippen molar-refractivity contribution < 1.29 is 9.15 Å². The minimum absolute atomic E-state index is 0.358. The SMILES string of the molecule is CN=C(NC1C2CCOC2C12CCC2)N(C)Cc1cc2ccccc2o1. The number of nitrogens with one attached hydrogen (secondary N) is 1. The molecule has 2 aliphatic carbocycles. The van der Waals surface area contributed by atoms with Gasteiger partial charge < -0.3 is 19.4 Å². The highest BCUT2D eigenvalue weighted by molar-refractivity contribution is 5.81. The predicted octanol–water partition coefficient (Wildman–Crippen LogP) is 3.40. The summed E-state index contributed by atoms with van der Waals surface area (Å²) in [6, 6.07) is 10.8. The Balaban J connectivity index is 1.30. The highest BCUT2D eigenvalue weighted by atomic mass is 16.5. The van der Waals surface area contributed by atoms with E-state index in [4.69, 9.17) is 9.15 Å². The number of rotatable bonds is 3. The summed E-state index contributed by atoms with van der Waals surface area (Å²) < 4.78 is 12.0. The Morgan fingerprint density at radius 2 is 2.19 bits per heavy atom. The lowest BCUT2D eigenvalue weighted by molar-refractivity contribution is -0.171. The van der Waals surface area contributed by atoms with Crippen molar-refractivity contribution in [3.05, 3.63) is 36.1 Å². The summed E-state index contributed by atoms with van der Waals surface area (Å²) in [4.78, 5) is 6.71. The smallest absolute Gasteiger partial charge is 0.194 e. The molecule has 5 nitrogen and oxygen atoms in total. The van der Waals surface area contributed by atoms with E-state index in [2.05, 4.69) is 34.4 Å². The van der Waals surface area contributed by atoms with Gasteiger partial charge in [0.2, 0.25) is 0 Å². The first-order chi connectivity index (χ1) is 12.7. The minimum Gasteiger partial charge on any atom is -0.459 e. The standard InChI is InChI=1S/C21H27N3O2/c1-22-20(23-18-16-8-11-25-19(16)21(18)9-5-10-21)24(2)13-15-12-14-6-3-4-7-17(14)26-15/h3-4,6-7,12,16,18-19H,5,8-11,13H2,1-2H3,(H,22,23). The molecule has 1 aliphatic heterocycles. The average Bonchev–Trinajstić information content (AvgIpc) is 3.18. The molecule has 1 saturated heterocycles. The van der Waals surface area contributed by atoms with Crippen molar-refractivity contribution in [1.29, 1.82) is 0 Å². The van der Waals surface area contributed by atoms with E-state index >= 15 is 0 Å². The van der Waals surface area contributed by atoms with Crippen molar-refractivity contribution in [2.45, 2.75) is 44.4 Å². The lowest BCUT2D eigenvalue weighted by Crippen LogP contribution is -2.72. The van der Waals surface area contributed by atoms with Gasteiger partial charge in [-0.25, -0.2) is 0 Å². The minimum atomic E-state index is 0.358. The fourth-order valence-electron chi connectivity index (χ4n) is 5.36. The van der Waals surface area contributed by atoms with Crippen LogP contribution in [-0.2, 0) is 11.3 Å². The highest BCUT2D eigenvalue weighted by Gasteiger charge is 2.66. The summed E-state index contributed by atoms with van der Waals surface area (Å²) in [6.07, 6.45) is 5.56. The monoisotopic (exact) mass is 353 g/mol. The third-order valence-corrected chi connectivity index (χ3v) is 6.76. The topological polar surface area (TPSA) is 50.0 Å². The molecule has 3 unspecified atom stereocenters. The van der Waals surface area contributed by atoms with E-state index in [1.54, 1.807) is 0 Å². The lowest BCUT2D eigenvalue weighted by Gasteiger charge is -2.63. The summed E-state index contributed by atoms with van der Waals surface area (Å²) in [5.41, 5.74) is 1.30. The van der Waals surface area contributed by atoms with E-state index in [0.29, 0.717) is 30.0 Å². The lowest BCUT2D eigenvalue weighted by atomic mass is 9.46. The van der Waals surface area contributed by atoms with Crippen LogP contribution in [-0.4, -0.2) is 43.7 Å². The quantitative estimate of drug-likeness (QED) is 0.679. The van der Waals surface area contributed by atoms with Crippen LogP contribution in [0, 0.1) is 11.3 Å². The molecular formula is C21H27N3O2. The van der Waals surface area contributed by atoms with Gasteiger partial charge in [0.15, 0.2) is 5.96 Å². The molecule has 5 rings (SSSR count). The van der Waals surface area contributed by atoms with Crippen LogP contribution in [0.15, 0.2) is 39.7 Å². The van der Waals surface area contributed by atoms with E-state index in [1.807, 2.05) is 25.2 Å². The summed E-state index contributed by atoms with van der Waals surface area (Å²) in [5, 5.41) is 4.93. The van der Waals surface area contributed by atoms with Crippen LogP contribution in [0.1, 0.15) is 31.4 Å². The first-order valence-electron chi connectivity index (χ1n) is 9.75. The molecular weight excluding hydrogens is 326 g/mol. The first kappa shape index (κ1) is 16.2. The second-order valence-corrected chi connectivity index (χ2v) is 8.11. The maximum atomic E-state index is 6.04. The molecule has 1 aromatic heterocycles. The fraction of sp³-hybridized carbons (Fsp3) is 0.571. The second kappa shape index (κ2) is 6.02. The normalized spacial score (nSPS) is 29.3. The van der Waals surface area contributed by atoms with Gasteiger partial charge in [-0.2, -0.15) is 0 Å². The van der Waals surface area contributed by atoms with Gasteiger partial charge in [0.1, 0.15) is 11.3 Å². The van der Waals surface area contributed by atoms with Crippen LogP contribution >= 0.6 is 0 Å². The molecule has 0 radical (unpaired) electrons. The molecule has 138 valence electrons. The summed E-state index contributed by atoms with van der Waals surface area (Å²) in [6.45, 7) is 1.63. The number of para-hydroxylation sites is 1. The Labute approximate surface area is 154 Å². The Morgan fingerprint density at radius 3 is 2.92 bits per heavy atom. The average molecular weight is 353 g/mol. The predicted molar refractivity (Wildman–Crippen MR) is 102 cm³/mol. The molecule has 1 N–H and O–H groups in total. The number of hydrogen-bond acceptors (Lipinski definition) is 3. The number of furan rings is 1. The van der Waals surface area contributed by atoms with Gasteiger partial charge in [-0.05, 0) is 31.4 Å². The molecule has 1 spiro atoms. The van der Waals surface area contributed by atoms with E-state index < -0.39 is 0 Å². The van der Waals surface area contributed by atoms with Gasteiger partial charge in [-0.1, -0.05) is 24.6 Å². The Bertz CT molecular complexity index is 806. The van der Waals surface area contributed by atoms with E-state index in [9.17, 15) is 0 Å². The van der Waals surface area contributed by atoms with Crippen LogP contribution < -0.4 is 5.32 Å². The molecule has 1 aromatic carbocycles. The van der Waals surface area contributed by atoms with Gasteiger partial charge in [-0.15, -0.1) is 0 Å². The van der Waals surface area contributed by atoms with Gasteiger partial charge in [0, 0.05) is 43.5 Å². The molecule has 5 heteroatoms. The Hall–Kier alpha value is -2.01. The number of fused-ring (bicyclic) bond motifs is 3. The number of aliphatic imine (C=N–C) groups is 1. The third-order valence-electron chi connectivity index (χ3n) is 6.76. The molecule has 3 aliphatic rings. The second-order valence-electron chi connectivity index (χ2n) is 8.11. The zero-order valence-electron chi connectivity index (χ0n) is 15.6. The molecule has 3 fully saturated rings. The van der Waals surface area contributed by atoms with Crippen molar-refractivity contribution in [2.24, 2.45) is 16.3 Å². The van der Waals surface area contributed by atoms with Crippen molar-refractivity contribution >= 4 is 16.9 Å². The van der Waals surface area contributed by atoms with Crippen molar-refractivity contribution in [3.63, 3.8) is 0 Å². The maximum Gasteiger partial charge on any atom is 0.194 e. The van der Waals surface area contributed by atoms with Crippen molar-refractivity contribution in [1.82, 2.24) is 10.2 Å². The van der Waals surface area contributed by atoms with Gasteiger partial charge >= 0.3 is 0 Å². The summed E-state index contributed by atoms with van der Waals surface area (Å²) in [7, 11) is 3.95. The van der Waals surface area contributed by atoms with Crippen LogP contribution in [0.2, 0.25) is 0 Å². The van der Waals surface area contributed by atoms with E-state index in [-0.39, 0.29) is 0 Å². The molecule has 3 atom stereocenters. The molecule has 26 heavy (non-hydrogen) atoms. The van der Waals surface area contributed by atoms with Crippen molar-refractivity contribution in [2.75, 3.05) is 20.7 Å². The number of ether oxygens (including phenoxy) is 1. The van der Waals surface area contributed by atoms with Gasteiger partial charge in [0.25, 0.3) is 0 Å². The number of hydrogen-bond donors (Lipinski definition) is 1. The molecule has 2 saturated carbocycles. The zero-order valence-corrected chi connectivity index (χ0v) is 15.6. The summed E-state index contributed by atoms with van der Waals surface area (Å²) in [5.74, 6) is 2.56. The Morgan fingerprint density at radius 1 is 1.35 bits per heavy atom. The van der Waals surface area contributed by atoms with Crippen LogP contribution in [0.4, 0.5) is 0 Å². The van der Waals surface area contributed by atoms with Crippen LogP contribution in [0.5, 0.6) is 0 Å². The number of benzene rings is 1. The number of guanidine groups is 1. The third kappa shape index (κ3) is 2.29. The number of nitrogens with zero attached hydrogens (tertiary/aromatic N) is 2. The largest absolute Gasteiger partial charge is 0.459 e. The highest BCUT2D eigenvalue weighted by Crippen LogP contribution is 2.62. The molecule has 2 aromatic rings. The van der Waals surface area contributed by atoms with Crippen LogP contribution in [0.25, 0.3) is 11.0 Å². The van der Waals surface area contributed by atoms with E-state index in [1.165, 1.54) is 25.7 Å². The maximum absolute atomic E-state index is 6.04. The summed E-state index contributed by atoms with van der Waals surface area (Å²) >= 11 is 0. The van der Waals surface area contributed by atoms with Gasteiger partial charge in [-0.3, -0.25) is 4.99 Å². The Kier molecular flexibility index (Phi) is 3.74. The van der Waals surface area contributed by atoms with E-state index in [0.717, 1.165) is 29.3 Å². The fourth-order valence-corrected chi connectivity index (χ4v) is 5.36. The molecule has 0 bridgehead atoms. The zero-order chi connectivity index (χ0) is 17.7. The van der Waals surface area contributed by atoms with Crippen molar-refractivity contribution in [3.8, 4) is 0 Å². The first-order valence-corrected chi connectivity index (χ1v) is 9.75. The van der Waals surface area contributed by atoms with Crippen LogP contribution in [0.3, 0.4) is 0 Å². The van der Waals surface area contributed by atoms with Gasteiger partial charge in [0.05, 0.1) is 12.6 Å².